The van der Waals surface area contributed by atoms with Crippen molar-refractivity contribution >= 4 is 22.6 Å². The van der Waals surface area contributed by atoms with Gasteiger partial charge in [-0.2, -0.15) is 5.10 Å². The summed E-state index contributed by atoms with van der Waals surface area (Å²) in [6, 6.07) is 1.88. The molecule has 0 aliphatic heterocycles. The van der Waals surface area contributed by atoms with E-state index in [0.29, 0.717) is 18.5 Å². The van der Waals surface area contributed by atoms with Crippen LogP contribution >= 0.6 is 0 Å². The van der Waals surface area contributed by atoms with Crippen molar-refractivity contribution in [1.82, 2.24) is 14.8 Å². The summed E-state index contributed by atoms with van der Waals surface area (Å²) >= 11 is 0. The lowest BCUT2D eigenvalue weighted by atomic mass is 9.89. The molecule has 23 heavy (non-hydrogen) atoms. The van der Waals surface area contributed by atoms with Crippen molar-refractivity contribution in [2.45, 2.75) is 58.5 Å². The first-order chi connectivity index (χ1) is 10.9. The molecule has 2 aromatic rings. The lowest BCUT2D eigenvalue weighted by Crippen LogP contribution is -2.33. The van der Waals surface area contributed by atoms with Gasteiger partial charge in [-0.3, -0.25) is 9.48 Å². The van der Waals surface area contributed by atoms with Crippen LogP contribution in [-0.2, 0) is 11.8 Å². The Kier molecular flexibility index (Phi) is 5.36. The van der Waals surface area contributed by atoms with Crippen molar-refractivity contribution in [3.63, 3.8) is 0 Å². The van der Waals surface area contributed by atoms with Crippen LogP contribution in [0.1, 0.15) is 51.6 Å². The highest BCUT2D eigenvalue weighted by Gasteiger charge is 2.28. The van der Waals surface area contributed by atoms with Crippen molar-refractivity contribution < 1.29 is 9.90 Å². The Hall–Kier alpha value is -1.95. The number of rotatable bonds is 7. The largest absolute Gasteiger partial charge is 0.389 e. The minimum atomic E-state index is -0.921. The molecule has 0 atom stereocenters. The van der Waals surface area contributed by atoms with Crippen molar-refractivity contribution in [3.8, 4) is 0 Å². The van der Waals surface area contributed by atoms with E-state index in [1.165, 1.54) is 0 Å². The number of nitrogens with one attached hydrogen (secondary N) is 1. The summed E-state index contributed by atoms with van der Waals surface area (Å²) in [5, 5.41) is 18.7. The molecule has 0 aliphatic rings. The standard InChI is InChI=1S/C17H26N4O2/c1-5-7-17(23,8-6-2)10-15(22)19-13-9-14-12(3)20-21(4)16(14)18-11-13/h9,11,23H,5-8,10H2,1-4H3,(H,19,22). The molecule has 6 nitrogen and oxygen atoms in total. The minimum absolute atomic E-state index is 0.110. The van der Waals surface area contributed by atoms with Crippen molar-refractivity contribution in [2.75, 3.05) is 5.32 Å². The lowest BCUT2D eigenvalue weighted by Gasteiger charge is -2.26. The Bertz CT molecular complexity index is 687. The number of hydrogen-bond acceptors (Lipinski definition) is 4. The SMILES string of the molecule is CCCC(O)(CCC)CC(=O)Nc1cnc2c(c1)c(C)nn2C. The number of nitrogens with zero attached hydrogens (tertiary/aromatic N) is 3. The van der Waals surface area contributed by atoms with Crippen LogP contribution in [0.3, 0.4) is 0 Å². The number of fused-ring (bicyclic) bond motifs is 1. The molecule has 6 heteroatoms. The molecule has 0 unspecified atom stereocenters. The second kappa shape index (κ2) is 7.08. The molecule has 2 heterocycles. The van der Waals surface area contributed by atoms with Crippen molar-refractivity contribution in [2.24, 2.45) is 7.05 Å². The summed E-state index contributed by atoms with van der Waals surface area (Å²) in [7, 11) is 1.84. The molecule has 2 N–H and O–H groups in total. The molecule has 0 aliphatic carbocycles. The fourth-order valence-electron chi connectivity index (χ4n) is 3.11. The molecule has 0 saturated heterocycles. The Labute approximate surface area is 136 Å². The zero-order chi connectivity index (χ0) is 17.0. The van der Waals surface area contributed by atoms with Gasteiger partial charge in [0.2, 0.25) is 5.91 Å². The number of aryl methyl sites for hydroxylation is 2. The maximum absolute atomic E-state index is 12.3. The normalized spacial score (nSPS) is 11.9. The number of amides is 1. The van der Waals surface area contributed by atoms with Crippen molar-refractivity contribution in [3.05, 3.63) is 18.0 Å². The average molecular weight is 318 g/mol. The summed E-state index contributed by atoms with van der Waals surface area (Å²) in [5.41, 5.74) is 1.37. The van der Waals surface area contributed by atoms with Gasteiger partial charge in [0.05, 0.1) is 29.6 Å². The van der Waals surface area contributed by atoms with Crippen LogP contribution in [-0.4, -0.2) is 31.4 Å². The number of anilines is 1. The number of pyridine rings is 1. The van der Waals surface area contributed by atoms with Gasteiger partial charge in [-0.15, -0.1) is 0 Å². The van der Waals surface area contributed by atoms with Gasteiger partial charge in [0.25, 0.3) is 0 Å². The number of carbonyl (C=O) groups is 1. The summed E-state index contributed by atoms with van der Waals surface area (Å²) in [6.07, 6.45) is 4.71. The number of aromatic nitrogens is 3. The van der Waals surface area contributed by atoms with Gasteiger partial charge in [-0.25, -0.2) is 4.98 Å². The molecule has 0 bridgehead atoms. The third-order valence-electron chi connectivity index (χ3n) is 4.07. The maximum Gasteiger partial charge on any atom is 0.227 e. The molecular formula is C17H26N4O2. The van der Waals surface area contributed by atoms with Gasteiger partial charge in [-0.05, 0) is 25.8 Å². The smallest absolute Gasteiger partial charge is 0.227 e. The molecular weight excluding hydrogens is 292 g/mol. The summed E-state index contributed by atoms with van der Waals surface area (Å²) in [6.45, 7) is 5.94. The first-order valence-corrected chi connectivity index (χ1v) is 8.20. The predicted molar refractivity (Wildman–Crippen MR) is 91.3 cm³/mol. The van der Waals surface area contributed by atoms with Crippen LogP contribution in [0, 0.1) is 6.92 Å². The second-order valence-electron chi connectivity index (χ2n) is 6.25. The van der Waals surface area contributed by atoms with Crippen LogP contribution in [0.4, 0.5) is 5.69 Å². The molecule has 0 fully saturated rings. The van der Waals surface area contributed by atoms with E-state index in [2.05, 4.69) is 15.4 Å². The van der Waals surface area contributed by atoms with Crippen LogP contribution in [0.25, 0.3) is 11.0 Å². The van der Waals surface area contributed by atoms with E-state index in [9.17, 15) is 9.90 Å². The monoisotopic (exact) mass is 318 g/mol. The molecule has 2 aromatic heterocycles. The van der Waals surface area contributed by atoms with Gasteiger partial charge >= 0.3 is 0 Å². The fraction of sp³-hybridized carbons (Fsp3) is 0.588. The number of aliphatic hydroxyl groups is 1. The first kappa shape index (κ1) is 17.4. The lowest BCUT2D eigenvalue weighted by molar-refractivity contribution is -0.121. The van der Waals surface area contributed by atoms with E-state index < -0.39 is 5.60 Å². The molecule has 0 spiro atoms. The Morgan fingerprint density at radius 2 is 2.00 bits per heavy atom. The predicted octanol–water partition coefficient (Wildman–Crippen LogP) is 2.94. The van der Waals surface area contributed by atoms with Crippen LogP contribution < -0.4 is 5.32 Å². The topological polar surface area (TPSA) is 80.0 Å². The van der Waals surface area contributed by atoms with E-state index in [0.717, 1.165) is 29.6 Å². The molecule has 0 aromatic carbocycles. The van der Waals surface area contributed by atoms with Crippen LogP contribution in [0.15, 0.2) is 12.3 Å². The zero-order valence-electron chi connectivity index (χ0n) is 14.4. The van der Waals surface area contributed by atoms with E-state index in [-0.39, 0.29) is 12.3 Å². The third kappa shape index (κ3) is 4.07. The Balaban J connectivity index is 2.12. The van der Waals surface area contributed by atoms with Gasteiger partial charge in [0.15, 0.2) is 5.65 Å². The van der Waals surface area contributed by atoms with Crippen LogP contribution in [0.2, 0.25) is 0 Å². The summed E-state index contributed by atoms with van der Waals surface area (Å²) < 4.78 is 1.72. The van der Waals surface area contributed by atoms with Crippen molar-refractivity contribution in [1.29, 1.82) is 0 Å². The van der Waals surface area contributed by atoms with Gasteiger partial charge in [0, 0.05) is 12.4 Å². The minimum Gasteiger partial charge on any atom is -0.389 e. The number of hydrogen-bond donors (Lipinski definition) is 2. The Morgan fingerprint density at radius 3 is 2.61 bits per heavy atom. The Morgan fingerprint density at radius 1 is 1.35 bits per heavy atom. The first-order valence-electron chi connectivity index (χ1n) is 8.20. The van der Waals surface area contributed by atoms with E-state index in [4.69, 9.17) is 0 Å². The highest BCUT2D eigenvalue weighted by molar-refractivity contribution is 5.93. The molecule has 0 radical (unpaired) electrons. The quantitative estimate of drug-likeness (QED) is 0.822. The van der Waals surface area contributed by atoms with Gasteiger partial charge < -0.3 is 10.4 Å². The van der Waals surface area contributed by atoms with Crippen LogP contribution in [0.5, 0.6) is 0 Å². The fourth-order valence-corrected chi connectivity index (χ4v) is 3.11. The number of carbonyl (C=O) groups excluding carboxylic acids is 1. The molecule has 126 valence electrons. The second-order valence-corrected chi connectivity index (χ2v) is 6.25. The van der Waals surface area contributed by atoms with E-state index >= 15 is 0 Å². The molecule has 1 amide bonds. The summed E-state index contributed by atoms with van der Waals surface area (Å²) in [4.78, 5) is 16.6. The average Bonchev–Trinajstić information content (AvgIpc) is 2.73. The van der Waals surface area contributed by atoms with E-state index in [1.54, 1.807) is 10.9 Å². The zero-order valence-corrected chi connectivity index (χ0v) is 14.4. The summed E-state index contributed by atoms with van der Waals surface area (Å²) in [5.74, 6) is -0.183. The third-order valence-corrected chi connectivity index (χ3v) is 4.07. The van der Waals surface area contributed by atoms with E-state index in [1.807, 2.05) is 33.9 Å². The highest BCUT2D eigenvalue weighted by atomic mass is 16.3. The van der Waals surface area contributed by atoms with Gasteiger partial charge in [0.1, 0.15) is 0 Å². The van der Waals surface area contributed by atoms with Gasteiger partial charge in [-0.1, -0.05) is 26.7 Å². The highest BCUT2D eigenvalue weighted by Crippen LogP contribution is 2.25. The molecule has 2 rings (SSSR count). The molecule has 0 saturated carbocycles. The maximum atomic E-state index is 12.3.